The molecule has 0 atom stereocenters. The number of rotatable bonds is 6. The fourth-order valence-corrected chi connectivity index (χ4v) is 1.40. The molecule has 0 saturated carbocycles. The van der Waals surface area contributed by atoms with Crippen molar-refractivity contribution < 1.29 is 23.8 Å². The fourth-order valence-electron chi connectivity index (χ4n) is 1.40. The number of ether oxygens (including phenoxy) is 1. The van der Waals surface area contributed by atoms with Gasteiger partial charge in [0.2, 0.25) is 5.91 Å². The number of nitrogens with zero attached hydrogens (tertiary/aromatic N) is 1. The van der Waals surface area contributed by atoms with Crippen molar-refractivity contribution in [3.63, 3.8) is 0 Å². The highest BCUT2D eigenvalue weighted by Crippen LogP contribution is 2.17. The second-order valence-electron chi connectivity index (χ2n) is 4.19. The van der Waals surface area contributed by atoms with E-state index in [1.165, 1.54) is 11.0 Å². The Balaban J connectivity index is 2.44. The van der Waals surface area contributed by atoms with Crippen LogP contribution in [0, 0.1) is 5.82 Å². The smallest absolute Gasteiger partial charge is 0.338 e. The Morgan fingerprint density at radius 3 is 2.58 bits per heavy atom. The summed E-state index contributed by atoms with van der Waals surface area (Å²) in [6, 6.07) is 3.56. The zero-order valence-corrected chi connectivity index (χ0v) is 10.9. The van der Waals surface area contributed by atoms with Gasteiger partial charge in [0.05, 0.1) is 12.2 Å². The summed E-state index contributed by atoms with van der Waals surface area (Å²) in [5.74, 6) is -1.91. The third-order valence-electron chi connectivity index (χ3n) is 2.47. The first-order valence-electron chi connectivity index (χ1n) is 5.77. The number of halogens is 1. The molecule has 1 rings (SSSR count). The molecular formula is C13H16FNO4. The lowest BCUT2D eigenvalue weighted by molar-refractivity contribution is -0.128. The summed E-state index contributed by atoms with van der Waals surface area (Å²) < 4.78 is 18.6. The number of hydrogen-bond donors (Lipinski definition) is 1. The van der Waals surface area contributed by atoms with E-state index in [-0.39, 0.29) is 18.3 Å². The molecule has 0 heterocycles. The van der Waals surface area contributed by atoms with Gasteiger partial charge in [-0.1, -0.05) is 0 Å². The van der Waals surface area contributed by atoms with Crippen LogP contribution in [0.5, 0.6) is 5.75 Å². The van der Waals surface area contributed by atoms with E-state index in [1.54, 1.807) is 14.1 Å². The SMILES string of the molecule is CN(C)C(=O)CCCOc1ccc(C(=O)O)c(F)c1. The van der Waals surface area contributed by atoms with Crippen LogP contribution in [0.1, 0.15) is 23.2 Å². The third-order valence-corrected chi connectivity index (χ3v) is 2.47. The van der Waals surface area contributed by atoms with Gasteiger partial charge in [0.25, 0.3) is 0 Å². The third kappa shape index (κ3) is 4.57. The van der Waals surface area contributed by atoms with Crippen LogP contribution in [-0.4, -0.2) is 42.6 Å². The monoisotopic (exact) mass is 269 g/mol. The number of benzene rings is 1. The van der Waals surface area contributed by atoms with Crippen LogP contribution in [0.4, 0.5) is 4.39 Å². The molecule has 1 N–H and O–H groups in total. The standard InChI is InChI=1S/C13H16FNO4/c1-15(2)12(16)4-3-7-19-9-5-6-10(13(17)18)11(14)8-9/h5-6,8H,3-4,7H2,1-2H3,(H,17,18). The van der Waals surface area contributed by atoms with Crippen LogP contribution in [-0.2, 0) is 4.79 Å². The molecule has 5 nitrogen and oxygen atoms in total. The summed E-state index contributed by atoms with van der Waals surface area (Å²) >= 11 is 0. The highest BCUT2D eigenvalue weighted by molar-refractivity contribution is 5.88. The van der Waals surface area contributed by atoms with Crippen LogP contribution < -0.4 is 4.74 Å². The number of aromatic carboxylic acids is 1. The van der Waals surface area contributed by atoms with Crippen molar-refractivity contribution in [2.75, 3.05) is 20.7 Å². The molecule has 6 heteroatoms. The van der Waals surface area contributed by atoms with E-state index in [0.717, 1.165) is 12.1 Å². The molecule has 0 aliphatic heterocycles. The largest absolute Gasteiger partial charge is 0.493 e. The number of carbonyl (C=O) groups is 2. The average Bonchev–Trinajstić information content (AvgIpc) is 2.33. The summed E-state index contributed by atoms with van der Waals surface area (Å²) in [4.78, 5) is 23.4. The summed E-state index contributed by atoms with van der Waals surface area (Å²) in [6.07, 6.45) is 0.863. The van der Waals surface area contributed by atoms with Crippen LogP contribution >= 0.6 is 0 Å². The Kier molecular flexibility index (Phi) is 5.29. The minimum atomic E-state index is -1.32. The van der Waals surface area contributed by atoms with E-state index in [4.69, 9.17) is 9.84 Å². The molecular weight excluding hydrogens is 253 g/mol. The Labute approximate surface area is 110 Å². The van der Waals surface area contributed by atoms with E-state index in [1.807, 2.05) is 0 Å². The fraction of sp³-hybridized carbons (Fsp3) is 0.385. The van der Waals surface area contributed by atoms with Gasteiger partial charge in [-0.15, -0.1) is 0 Å². The Bertz CT molecular complexity index is 474. The molecule has 0 bridgehead atoms. The van der Waals surface area contributed by atoms with Crippen molar-refractivity contribution in [2.24, 2.45) is 0 Å². The summed E-state index contributed by atoms with van der Waals surface area (Å²) in [5, 5.41) is 8.66. The topological polar surface area (TPSA) is 66.8 Å². The normalized spacial score (nSPS) is 10.1. The molecule has 104 valence electrons. The van der Waals surface area contributed by atoms with Crippen LogP contribution in [0.3, 0.4) is 0 Å². The molecule has 0 aliphatic carbocycles. The second-order valence-corrected chi connectivity index (χ2v) is 4.19. The van der Waals surface area contributed by atoms with Gasteiger partial charge in [0.15, 0.2) is 0 Å². The van der Waals surface area contributed by atoms with Crippen LogP contribution in [0.15, 0.2) is 18.2 Å². The van der Waals surface area contributed by atoms with E-state index in [2.05, 4.69) is 0 Å². The number of carboxylic acids is 1. The van der Waals surface area contributed by atoms with Gasteiger partial charge in [-0.25, -0.2) is 9.18 Å². The van der Waals surface area contributed by atoms with Gasteiger partial charge >= 0.3 is 5.97 Å². The van der Waals surface area contributed by atoms with Crippen molar-refractivity contribution >= 4 is 11.9 Å². The molecule has 1 aromatic rings. The Hall–Kier alpha value is -2.11. The molecule has 0 unspecified atom stereocenters. The lowest BCUT2D eigenvalue weighted by atomic mass is 10.2. The first-order valence-corrected chi connectivity index (χ1v) is 5.77. The van der Waals surface area contributed by atoms with Gasteiger partial charge in [-0.2, -0.15) is 0 Å². The van der Waals surface area contributed by atoms with Crippen molar-refractivity contribution in [1.29, 1.82) is 0 Å². The van der Waals surface area contributed by atoms with Gasteiger partial charge < -0.3 is 14.7 Å². The van der Waals surface area contributed by atoms with Crippen LogP contribution in [0.25, 0.3) is 0 Å². The van der Waals surface area contributed by atoms with Gasteiger partial charge in [-0.05, 0) is 18.6 Å². The summed E-state index contributed by atoms with van der Waals surface area (Å²) in [7, 11) is 3.34. The maximum absolute atomic E-state index is 13.3. The highest BCUT2D eigenvalue weighted by Gasteiger charge is 2.11. The number of carboxylic acid groups (broad SMARTS) is 1. The van der Waals surface area contributed by atoms with E-state index in [9.17, 15) is 14.0 Å². The average molecular weight is 269 g/mol. The lowest BCUT2D eigenvalue weighted by Crippen LogP contribution is -2.21. The predicted molar refractivity (Wildman–Crippen MR) is 66.8 cm³/mol. The zero-order valence-electron chi connectivity index (χ0n) is 10.9. The number of hydrogen-bond acceptors (Lipinski definition) is 3. The number of carbonyl (C=O) groups excluding carboxylic acids is 1. The van der Waals surface area contributed by atoms with Crippen molar-refractivity contribution in [3.8, 4) is 5.75 Å². The first-order chi connectivity index (χ1) is 8.91. The minimum absolute atomic E-state index is 0.00370. The summed E-state index contributed by atoms with van der Waals surface area (Å²) in [6.45, 7) is 0.269. The molecule has 0 radical (unpaired) electrons. The van der Waals surface area contributed by atoms with Crippen molar-refractivity contribution in [3.05, 3.63) is 29.6 Å². The quantitative estimate of drug-likeness (QED) is 0.799. The molecule has 0 aromatic heterocycles. The van der Waals surface area contributed by atoms with E-state index in [0.29, 0.717) is 12.8 Å². The predicted octanol–water partition coefficient (Wildman–Crippen LogP) is 1.77. The van der Waals surface area contributed by atoms with E-state index >= 15 is 0 Å². The molecule has 1 aromatic carbocycles. The van der Waals surface area contributed by atoms with Crippen molar-refractivity contribution in [2.45, 2.75) is 12.8 Å². The molecule has 1 amide bonds. The molecule has 0 fully saturated rings. The van der Waals surface area contributed by atoms with E-state index < -0.39 is 17.3 Å². The van der Waals surface area contributed by atoms with Crippen LogP contribution in [0.2, 0.25) is 0 Å². The maximum atomic E-state index is 13.3. The minimum Gasteiger partial charge on any atom is -0.493 e. The molecule has 0 aliphatic rings. The maximum Gasteiger partial charge on any atom is 0.338 e. The Morgan fingerprint density at radius 1 is 1.37 bits per heavy atom. The first kappa shape index (κ1) is 14.9. The second kappa shape index (κ2) is 6.72. The van der Waals surface area contributed by atoms with Gasteiger partial charge in [0.1, 0.15) is 11.6 Å². The molecule has 0 saturated heterocycles. The lowest BCUT2D eigenvalue weighted by Gasteiger charge is -2.10. The van der Waals surface area contributed by atoms with Crippen molar-refractivity contribution in [1.82, 2.24) is 4.90 Å². The van der Waals surface area contributed by atoms with Gasteiger partial charge in [0, 0.05) is 26.6 Å². The highest BCUT2D eigenvalue weighted by atomic mass is 19.1. The van der Waals surface area contributed by atoms with Gasteiger partial charge in [-0.3, -0.25) is 4.79 Å². The number of amides is 1. The summed E-state index contributed by atoms with van der Waals surface area (Å²) in [5.41, 5.74) is -0.393. The zero-order chi connectivity index (χ0) is 14.4. The molecule has 19 heavy (non-hydrogen) atoms. The Morgan fingerprint density at radius 2 is 2.05 bits per heavy atom. The molecule has 0 spiro atoms.